The predicted octanol–water partition coefficient (Wildman–Crippen LogP) is 4.71. The van der Waals surface area contributed by atoms with Crippen LogP contribution in [-0.2, 0) is 0 Å². The van der Waals surface area contributed by atoms with E-state index < -0.39 is 11.9 Å². The van der Waals surface area contributed by atoms with Crippen molar-refractivity contribution in [1.82, 2.24) is 0 Å². The van der Waals surface area contributed by atoms with Crippen molar-refractivity contribution in [2.45, 2.75) is 0 Å². The van der Waals surface area contributed by atoms with Gasteiger partial charge < -0.3 is 10.4 Å². The maximum Gasteiger partial charge on any atom is 0.335 e. The van der Waals surface area contributed by atoms with Gasteiger partial charge in [-0.25, -0.2) is 4.79 Å². The van der Waals surface area contributed by atoms with E-state index in [1.165, 1.54) is 18.2 Å². The molecule has 0 bridgehead atoms. The van der Waals surface area contributed by atoms with Crippen LogP contribution in [0.3, 0.4) is 0 Å². The zero-order chi connectivity index (χ0) is 15.6. The first-order valence-electron chi connectivity index (χ1n) is 5.67. The Morgan fingerprint density at radius 3 is 2.38 bits per heavy atom. The fourth-order valence-corrected chi connectivity index (χ4v) is 2.76. The van der Waals surface area contributed by atoms with Gasteiger partial charge in [0, 0.05) is 20.2 Å². The van der Waals surface area contributed by atoms with E-state index in [4.69, 9.17) is 28.3 Å². The Bertz CT molecular complexity index is 734. The molecule has 0 aliphatic rings. The number of carbonyl (C=O) groups excluding carboxylic acids is 1. The van der Waals surface area contributed by atoms with Gasteiger partial charge in [-0.1, -0.05) is 23.2 Å². The molecule has 7 heteroatoms. The number of amides is 1. The van der Waals surface area contributed by atoms with Gasteiger partial charge in [-0.2, -0.15) is 0 Å². The van der Waals surface area contributed by atoms with Crippen LogP contribution in [0.4, 0.5) is 5.69 Å². The van der Waals surface area contributed by atoms with Crippen LogP contribution < -0.4 is 5.32 Å². The molecule has 0 spiro atoms. The average molecular weight is 389 g/mol. The van der Waals surface area contributed by atoms with E-state index in [9.17, 15) is 9.59 Å². The van der Waals surface area contributed by atoms with E-state index in [0.717, 1.165) is 0 Å². The summed E-state index contributed by atoms with van der Waals surface area (Å²) >= 11 is 14.9. The van der Waals surface area contributed by atoms with Gasteiger partial charge in [-0.15, -0.1) is 0 Å². The number of hydrogen-bond acceptors (Lipinski definition) is 2. The first-order chi connectivity index (χ1) is 9.86. The molecule has 0 saturated heterocycles. The molecule has 0 unspecified atom stereocenters. The average Bonchev–Trinajstić information content (AvgIpc) is 2.37. The van der Waals surface area contributed by atoms with Crippen LogP contribution in [0.25, 0.3) is 0 Å². The maximum atomic E-state index is 12.2. The molecule has 108 valence electrons. The monoisotopic (exact) mass is 387 g/mol. The Morgan fingerprint density at radius 2 is 1.76 bits per heavy atom. The van der Waals surface area contributed by atoms with Crippen LogP contribution in [0, 0.1) is 0 Å². The van der Waals surface area contributed by atoms with Gasteiger partial charge >= 0.3 is 5.97 Å². The lowest BCUT2D eigenvalue weighted by atomic mass is 10.1. The van der Waals surface area contributed by atoms with Crippen LogP contribution in [-0.4, -0.2) is 17.0 Å². The molecule has 0 heterocycles. The molecule has 2 aromatic rings. The number of carboxylic acid groups (broad SMARTS) is 1. The second-order valence-electron chi connectivity index (χ2n) is 4.11. The van der Waals surface area contributed by atoms with E-state index in [1.807, 2.05) is 0 Å². The molecule has 1 amide bonds. The van der Waals surface area contributed by atoms with E-state index in [1.54, 1.807) is 18.2 Å². The maximum absolute atomic E-state index is 12.2. The molecular weight excluding hydrogens is 381 g/mol. The van der Waals surface area contributed by atoms with E-state index >= 15 is 0 Å². The van der Waals surface area contributed by atoms with Gasteiger partial charge in [0.2, 0.25) is 0 Å². The predicted molar refractivity (Wildman–Crippen MR) is 85.5 cm³/mol. The van der Waals surface area contributed by atoms with Crippen LogP contribution in [0.15, 0.2) is 40.9 Å². The molecule has 0 atom stereocenters. The van der Waals surface area contributed by atoms with Gasteiger partial charge in [0.1, 0.15) is 0 Å². The lowest BCUT2D eigenvalue weighted by Crippen LogP contribution is -2.13. The molecule has 0 saturated carbocycles. The lowest BCUT2D eigenvalue weighted by molar-refractivity contribution is 0.0696. The molecule has 0 aliphatic carbocycles. The smallest absolute Gasteiger partial charge is 0.335 e. The second kappa shape index (κ2) is 6.47. The number of nitrogens with one attached hydrogen (secondary N) is 1. The fraction of sp³-hybridized carbons (Fsp3) is 0. The number of aromatic carboxylic acids is 1. The summed E-state index contributed by atoms with van der Waals surface area (Å²) in [6, 6.07) is 8.84. The number of benzene rings is 2. The molecule has 0 fully saturated rings. The lowest BCUT2D eigenvalue weighted by Gasteiger charge is -2.08. The summed E-state index contributed by atoms with van der Waals surface area (Å²) in [5.74, 6) is -1.53. The summed E-state index contributed by atoms with van der Waals surface area (Å²) in [6.07, 6.45) is 0. The van der Waals surface area contributed by atoms with Crippen molar-refractivity contribution in [2.24, 2.45) is 0 Å². The molecule has 0 aliphatic heterocycles. The van der Waals surface area contributed by atoms with Crippen molar-refractivity contribution in [2.75, 3.05) is 5.32 Å². The van der Waals surface area contributed by atoms with Gasteiger partial charge in [-0.3, -0.25) is 4.79 Å². The molecule has 2 aromatic carbocycles. The molecule has 0 aromatic heterocycles. The first-order valence-corrected chi connectivity index (χ1v) is 7.22. The standard InChI is InChI=1S/C14H8BrCl2NO3/c15-12-6-8(16)1-2-11(12)13(19)18-10-4-7(14(20)21)3-9(17)5-10/h1-6H,(H,18,19)(H,20,21). The Labute approximate surface area is 138 Å². The van der Waals surface area contributed by atoms with E-state index in [2.05, 4.69) is 21.2 Å². The minimum Gasteiger partial charge on any atom is -0.478 e. The van der Waals surface area contributed by atoms with Crippen molar-refractivity contribution in [3.63, 3.8) is 0 Å². The number of carbonyl (C=O) groups is 2. The number of carboxylic acids is 1. The zero-order valence-corrected chi connectivity index (χ0v) is 13.5. The summed E-state index contributed by atoms with van der Waals surface area (Å²) in [4.78, 5) is 23.1. The Hall–Kier alpha value is -1.56. The zero-order valence-electron chi connectivity index (χ0n) is 10.4. The molecule has 21 heavy (non-hydrogen) atoms. The number of hydrogen-bond donors (Lipinski definition) is 2. The SMILES string of the molecule is O=C(O)c1cc(Cl)cc(NC(=O)c2ccc(Cl)cc2Br)c1. The van der Waals surface area contributed by atoms with Gasteiger partial charge in [0.15, 0.2) is 0 Å². The van der Waals surface area contributed by atoms with Crippen molar-refractivity contribution in [3.05, 3.63) is 62.0 Å². The minimum atomic E-state index is -1.12. The number of halogens is 3. The largest absolute Gasteiger partial charge is 0.478 e. The van der Waals surface area contributed by atoms with Crippen molar-refractivity contribution in [1.29, 1.82) is 0 Å². The molecular formula is C14H8BrCl2NO3. The summed E-state index contributed by atoms with van der Waals surface area (Å²) in [6.45, 7) is 0. The Balaban J connectivity index is 2.29. The molecule has 2 N–H and O–H groups in total. The van der Waals surface area contributed by atoms with Crippen molar-refractivity contribution >= 4 is 56.7 Å². The van der Waals surface area contributed by atoms with Gasteiger partial charge in [0.05, 0.1) is 11.1 Å². The van der Waals surface area contributed by atoms with E-state index in [-0.39, 0.29) is 10.6 Å². The molecule has 0 radical (unpaired) electrons. The van der Waals surface area contributed by atoms with Crippen LogP contribution >= 0.6 is 39.1 Å². The topological polar surface area (TPSA) is 66.4 Å². The number of anilines is 1. The first kappa shape index (κ1) is 15.8. The van der Waals surface area contributed by atoms with E-state index in [0.29, 0.717) is 20.7 Å². The molecule has 4 nitrogen and oxygen atoms in total. The van der Waals surface area contributed by atoms with Crippen LogP contribution in [0.2, 0.25) is 10.0 Å². The summed E-state index contributed by atoms with van der Waals surface area (Å²) in [5, 5.41) is 12.3. The summed E-state index contributed by atoms with van der Waals surface area (Å²) < 4.78 is 0.535. The fourth-order valence-electron chi connectivity index (χ4n) is 1.66. The number of rotatable bonds is 3. The third kappa shape index (κ3) is 3.97. The van der Waals surface area contributed by atoms with Crippen molar-refractivity contribution in [3.8, 4) is 0 Å². The highest BCUT2D eigenvalue weighted by molar-refractivity contribution is 9.10. The second-order valence-corrected chi connectivity index (χ2v) is 5.84. The van der Waals surface area contributed by atoms with Gasteiger partial charge in [0.25, 0.3) is 5.91 Å². The normalized spacial score (nSPS) is 10.2. The highest BCUT2D eigenvalue weighted by Gasteiger charge is 2.13. The Morgan fingerprint density at radius 1 is 1.05 bits per heavy atom. The molecule has 2 rings (SSSR count). The minimum absolute atomic E-state index is 0.00651. The van der Waals surface area contributed by atoms with Crippen molar-refractivity contribution < 1.29 is 14.7 Å². The third-order valence-corrected chi connectivity index (χ3v) is 3.69. The summed E-state index contributed by atoms with van der Waals surface area (Å²) in [5.41, 5.74) is 0.663. The van der Waals surface area contributed by atoms with Gasteiger partial charge in [-0.05, 0) is 52.3 Å². The highest BCUT2D eigenvalue weighted by Crippen LogP contribution is 2.24. The quantitative estimate of drug-likeness (QED) is 0.800. The third-order valence-electron chi connectivity index (χ3n) is 2.58. The highest BCUT2D eigenvalue weighted by atomic mass is 79.9. The van der Waals surface area contributed by atoms with Crippen LogP contribution in [0.1, 0.15) is 20.7 Å². The van der Waals surface area contributed by atoms with Crippen LogP contribution in [0.5, 0.6) is 0 Å². The Kier molecular flexibility index (Phi) is 4.88. The summed E-state index contributed by atoms with van der Waals surface area (Å²) in [7, 11) is 0.